The summed E-state index contributed by atoms with van der Waals surface area (Å²) in [5.41, 5.74) is 2.37. The van der Waals surface area contributed by atoms with Crippen molar-refractivity contribution in [3.8, 4) is 11.4 Å². The summed E-state index contributed by atoms with van der Waals surface area (Å²) in [4.78, 5) is 4.19. The summed E-state index contributed by atoms with van der Waals surface area (Å²) in [6.07, 6.45) is 0. The predicted molar refractivity (Wildman–Crippen MR) is 59.1 cm³/mol. The molecule has 0 spiro atoms. The smallest absolute Gasteiger partial charge is 0.247 e. The molecule has 0 fully saturated rings. The molecule has 2 aromatic rings. The summed E-state index contributed by atoms with van der Waals surface area (Å²) >= 11 is 4.63. The monoisotopic (exact) mass is 204 g/mol. The number of aromatic nitrogens is 3. The molecule has 0 saturated heterocycles. The van der Waals surface area contributed by atoms with Crippen LogP contribution in [0.1, 0.15) is 0 Å². The number of hydrogen-bond acceptors (Lipinski definition) is 3. The molecule has 0 saturated carbocycles. The predicted octanol–water partition coefficient (Wildman–Crippen LogP) is 1.84. The van der Waals surface area contributed by atoms with Gasteiger partial charge < -0.3 is 5.32 Å². The summed E-state index contributed by atoms with van der Waals surface area (Å²) in [6, 6.07) is 9.77. The molecular weight excluding hydrogens is 196 g/mol. The van der Waals surface area contributed by atoms with Crippen LogP contribution in [0.3, 0.4) is 0 Å². The first-order valence-corrected chi connectivity index (χ1v) is 4.55. The van der Waals surface area contributed by atoms with Gasteiger partial charge in [-0.15, -0.1) is 5.10 Å². The molecule has 2 N–H and O–H groups in total. The maximum absolute atomic E-state index is 4.63. The van der Waals surface area contributed by atoms with Crippen molar-refractivity contribution >= 4 is 23.7 Å². The van der Waals surface area contributed by atoms with Gasteiger partial charge in [-0.2, -0.15) is 4.98 Å². The normalized spacial score (nSPS) is 9.71. The Kier molecular flexibility index (Phi) is 2.51. The Bertz CT molecular complexity index is 423. The van der Waals surface area contributed by atoms with Gasteiger partial charge in [0.15, 0.2) is 5.82 Å². The van der Waals surface area contributed by atoms with E-state index in [1.54, 1.807) is 0 Å². The van der Waals surface area contributed by atoms with E-state index in [-0.39, 0.29) is 0 Å². The van der Waals surface area contributed by atoms with Crippen molar-refractivity contribution in [2.75, 3.05) is 5.32 Å². The quantitative estimate of drug-likeness (QED) is 0.749. The van der Waals surface area contributed by atoms with Gasteiger partial charge >= 0.3 is 0 Å². The fourth-order valence-corrected chi connectivity index (χ4v) is 1.21. The van der Waals surface area contributed by atoms with Gasteiger partial charge in [0.2, 0.25) is 5.95 Å². The van der Waals surface area contributed by atoms with Crippen molar-refractivity contribution in [1.82, 2.24) is 15.2 Å². The lowest BCUT2D eigenvalue weighted by Gasteiger charge is -1.92. The summed E-state index contributed by atoms with van der Waals surface area (Å²) < 4.78 is 0. The fraction of sp³-hybridized carbons (Fsp3) is 0. The highest BCUT2D eigenvalue weighted by atomic mass is 32.1. The second-order valence-electron chi connectivity index (χ2n) is 2.64. The number of nitrogens with one attached hydrogen (secondary N) is 2. The van der Waals surface area contributed by atoms with Crippen LogP contribution in [0.5, 0.6) is 0 Å². The Morgan fingerprint density at radius 1 is 1.29 bits per heavy atom. The lowest BCUT2D eigenvalue weighted by Crippen LogP contribution is -1.93. The summed E-state index contributed by atoms with van der Waals surface area (Å²) in [6.45, 7) is 0. The van der Waals surface area contributed by atoms with Crippen molar-refractivity contribution < 1.29 is 0 Å². The Balaban J connectivity index is 2.29. The van der Waals surface area contributed by atoms with Gasteiger partial charge in [-0.05, 0) is 0 Å². The van der Waals surface area contributed by atoms with Crippen LogP contribution < -0.4 is 5.32 Å². The van der Waals surface area contributed by atoms with Crippen LogP contribution in [-0.4, -0.2) is 20.7 Å². The Morgan fingerprint density at radius 3 is 2.79 bits per heavy atom. The lowest BCUT2D eigenvalue weighted by molar-refractivity contribution is 1.10. The van der Waals surface area contributed by atoms with E-state index in [2.05, 4.69) is 32.7 Å². The third kappa shape index (κ3) is 1.77. The molecule has 1 aromatic carbocycles. The molecule has 70 valence electrons. The topological polar surface area (TPSA) is 53.6 Å². The third-order valence-corrected chi connectivity index (χ3v) is 1.84. The van der Waals surface area contributed by atoms with Crippen LogP contribution in [0, 0.1) is 0 Å². The Morgan fingerprint density at radius 2 is 2.07 bits per heavy atom. The van der Waals surface area contributed by atoms with E-state index in [0.717, 1.165) is 11.4 Å². The van der Waals surface area contributed by atoms with Crippen LogP contribution in [0.2, 0.25) is 0 Å². The third-order valence-electron chi connectivity index (χ3n) is 1.72. The van der Waals surface area contributed by atoms with E-state index in [0.29, 0.717) is 5.95 Å². The SMILES string of the molecule is S=CNc1n[nH]c(-c2ccccc2)n1. The molecular formula is C9H8N4S. The number of aromatic amines is 1. The molecule has 1 aromatic heterocycles. The zero-order chi connectivity index (χ0) is 9.80. The first kappa shape index (κ1) is 8.83. The van der Waals surface area contributed by atoms with Crippen molar-refractivity contribution in [1.29, 1.82) is 0 Å². The van der Waals surface area contributed by atoms with E-state index >= 15 is 0 Å². The van der Waals surface area contributed by atoms with Crippen molar-refractivity contribution in [3.05, 3.63) is 30.3 Å². The number of thiocarbonyl (C=S) groups is 1. The Labute approximate surface area is 86.4 Å². The minimum Gasteiger partial charge on any atom is -0.320 e. The zero-order valence-corrected chi connectivity index (χ0v) is 8.08. The zero-order valence-electron chi connectivity index (χ0n) is 7.27. The molecule has 0 atom stereocenters. The molecule has 2 rings (SSSR count). The number of rotatable bonds is 3. The molecule has 5 heteroatoms. The molecule has 4 nitrogen and oxygen atoms in total. The van der Waals surface area contributed by atoms with Gasteiger partial charge in [0.25, 0.3) is 0 Å². The molecule has 1 heterocycles. The molecule has 14 heavy (non-hydrogen) atoms. The minimum atomic E-state index is 0.485. The molecule has 0 bridgehead atoms. The second kappa shape index (κ2) is 3.97. The van der Waals surface area contributed by atoms with Crippen LogP contribution in [0.25, 0.3) is 11.4 Å². The Hall–Kier alpha value is -1.75. The van der Waals surface area contributed by atoms with Crippen LogP contribution in [0.15, 0.2) is 30.3 Å². The van der Waals surface area contributed by atoms with E-state index in [4.69, 9.17) is 0 Å². The summed E-state index contributed by atoms with van der Waals surface area (Å²) in [7, 11) is 0. The van der Waals surface area contributed by atoms with Gasteiger partial charge in [0, 0.05) is 5.56 Å². The van der Waals surface area contributed by atoms with E-state index < -0.39 is 0 Å². The van der Waals surface area contributed by atoms with Gasteiger partial charge in [0.1, 0.15) is 0 Å². The maximum atomic E-state index is 4.63. The molecule has 0 aliphatic heterocycles. The van der Waals surface area contributed by atoms with Crippen LogP contribution in [0.4, 0.5) is 5.95 Å². The molecule has 0 amide bonds. The van der Waals surface area contributed by atoms with Gasteiger partial charge in [0.05, 0.1) is 5.49 Å². The highest BCUT2D eigenvalue weighted by molar-refractivity contribution is 7.79. The highest BCUT2D eigenvalue weighted by Crippen LogP contribution is 2.14. The van der Waals surface area contributed by atoms with Crippen molar-refractivity contribution in [2.45, 2.75) is 0 Å². The van der Waals surface area contributed by atoms with E-state index in [9.17, 15) is 0 Å². The summed E-state index contributed by atoms with van der Waals surface area (Å²) in [5.74, 6) is 1.21. The van der Waals surface area contributed by atoms with Crippen molar-refractivity contribution in [3.63, 3.8) is 0 Å². The largest absolute Gasteiger partial charge is 0.320 e. The average Bonchev–Trinajstić information content (AvgIpc) is 2.68. The van der Waals surface area contributed by atoms with Gasteiger partial charge in [-0.1, -0.05) is 42.5 Å². The molecule has 0 radical (unpaired) electrons. The fourth-order valence-electron chi connectivity index (χ4n) is 1.10. The average molecular weight is 204 g/mol. The molecule has 0 unspecified atom stereocenters. The molecule has 0 aliphatic rings. The lowest BCUT2D eigenvalue weighted by atomic mass is 10.2. The van der Waals surface area contributed by atoms with Crippen LogP contribution >= 0.6 is 12.2 Å². The minimum absolute atomic E-state index is 0.485. The number of hydrogen-bond donors (Lipinski definition) is 2. The van der Waals surface area contributed by atoms with Gasteiger partial charge in [-0.25, -0.2) is 0 Å². The van der Waals surface area contributed by atoms with E-state index in [1.807, 2.05) is 30.3 Å². The maximum Gasteiger partial charge on any atom is 0.247 e. The standard InChI is InChI=1S/C9H8N4S/c14-6-10-9-11-8(12-13-9)7-4-2-1-3-5-7/h1-6H,(H2,10,11,12,13,14). The molecule has 0 aliphatic carbocycles. The highest BCUT2D eigenvalue weighted by Gasteiger charge is 2.02. The number of H-pyrrole nitrogens is 1. The van der Waals surface area contributed by atoms with E-state index in [1.165, 1.54) is 5.49 Å². The number of anilines is 1. The first-order chi connectivity index (χ1) is 6.90. The van der Waals surface area contributed by atoms with Crippen molar-refractivity contribution in [2.24, 2.45) is 0 Å². The summed E-state index contributed by atoms with van der Waals surface area (Å²) in [5, 5.41) is 9.49. The van der Waals surface area contributed by atoms with Gasteiger partial charge in [-0.3, -0.25) is 5.10 Å². The first-order valence-electron chi connectivity index (χ1n) is 4.08. The second-order valence-corrected chi connectivity index (χ2v) is 2.87. The van der Waals surface area contributed by atoms with Crippen LogP contribution in [-0.2, 0) is 0 Å². The number of benzene rings is 1. The number of nitrogens with zero attached hydrogens (tertiary/aromatic N) is 2.